The second kappa shape index (κ2) is 5.02. The van der Waals surface area contributed by atoms with Gasteiger partial charge in [-0.05, 0) is 28.7 Å². The smallest absolute Gasteiger partial charge is 0.456 e. The zero-order valence-corrected chi connectivity index (χ0v) is 11.7. The van der Waals surface area contributed by atoms with Crippen LogP contribution >= 0.6 is 0 Å². The fourth-order valence-corrected chi connectivity index (χ4v) is 2.86. The van der Waals surface area contributed by atoms with Crippen LogP contribution in [0, 0.1) is 0 Å². The zero-order chi connectivity index (χ0) is 15.1. The Kier molecular flexibility index (Phi) is 3.00. The Balaban J connectivity index is 2.09. The standard InChI is InChI=1S/C18H13BO3/c20-19(21)13-9-10-16-15(11-13)18-14(7-4-8-17(18)22-16)12-5-2-1-3-6-12/h1-11,20-21H. The van der Waals surface area contributed by atoms with Gasteiger partial charge in [0.05, 0.1) is 0 Å². The van der Waals surface area contributed by atoms with Crippen LogP contribution in [0.4, 0.5) is 0 Å². The quantitative estimate of drug-likeness (QED) is 0.558. The number of benzene rings is 3. The summed E-state index contributed by atoms with van der Waals surface area (Å²) < 4.78 is 5.89. The predicted octanol–water partition coefficient (Wildman–Crippen LogP) is 2.93. The SMILES string of the molecule is OB(O)c1ccc2oc3cccc(-c4ccccc4)c3c2c1. The Bertz CT molecular complexity index is 958. The van der Waals surface area contributed by atoms with Crippen LogP contribution in [0.3, 0.4) is 0 Å². The molecule has 3 nitrogen and oxygen atoms in total. The lowest BCUT2D eigenvalue weighted by Crippen LogP contribution is -2.29. The van der Waals surface area contributed by atoms with E-state index in [-0.39, 0.29) is 0 Å². The monoisotopic (exact) mass is 288 g/mol. The van der Waals surface area contributed by atoms with E-state index in [9.17, 15) is 10.0 Å². The van der Waals surface area contributed by atoms with Gasteiger partial charge >= 0.3 is 7.12 Å². The third-order valence-electron chi connectivity index (χ3n) is 3.90. The maximum absolute atomic E-state index is 9.40. The van der Waals surface area contributed by atoms with Crippen molar-refractivity contribution in [2.75, 3.05) is 0 Å². The summed E-state index contributed by atoms with van der Waals surface area (Å²) in [7, 11) is -1.49. The van der Waals surface area contributed by atoms with Crippen molar-refractivity contribution in [1.29, 1.82) is 0 Å². The number of fused-ring (bicyclic) bond motifs is 3. The molecule has 0 amide bonds. The van der Waals surface area contributed by atoms with Crippen LogP contribution in [-0.4, -0.2) is 17.2 Å². The highest BCUT2D eigenvalue weighted by atomic mass is 16.4. The highest BCUT2D eigenvalue weighted by molar-refractivity contribution is 6.59. The molecule has 0 spiro atoms. The molecule has 1 aromatic heterocycles. The molecule has 0 radical (unpaired) electrons. The highest BCUT2D eigenvalue weighted by Crippen LogP contribution is 2.35. The van der Waals surface area contributed by atoms with E-state index in [4.69, 9.17) is 4.42 Å². The van der Waals surface area contributed by atoms with Gasteiger partial charge in [-0.1, -0.05) is 54.6 Å². The number of rotatable bonds is 2. The van der Waals surface area contributed by atoms with E-state index < -0.39 is 7.12 Å². The molecule has 0 aliphatic heterocycles. The summed E-state index contributed by atoms with van der Waals surface area (Å²) in [5, 5.41) is 20.7. The van der Waals surface area contributed by atoms with Crippen molar-refractivity contribution in [2.45, 2.75) is 0 Å². The summed E-state index contributed by atoms with van der Waals surface area (Å²) >= 11 is 0. The second-order valence-electron chi connectivity index (χ2n) is 5.28. The molecule has 4 heteroatoms. The first kappa shape index (κ1) is 13.1. The van der Waals surface area contributed by atoms with Gasteiger partial charge in [0.15, 0.2) is 0 Å². The third-order valence-corrected chi connectivity index (χ3v) is 3.90. The average Bonchev–Trinajstić information content (AvgIpc) is 2.93. The molecule has 3 aromatic carbocycles. The Labute approximate surface area is 127 Å². The third kappa shape index (κ3) is 2.01. The van der Waals surface area contributed by atoms with Crippen molar-refractivity contribution in [3.05, 3.63) is 66.7 Å². The molecule has 2 N–H and O–H groups in total. The van der Waals surface area contributed by atoms with Gasteiger partial charge in [-0.25, -0.2) is 0 Å². The molecule has 1 heterocycles. The Hall–Kier alpha value is -2.56. The van der Waals surface area contributed by atoms with E-state index in [1.54, 1.807) is 18.2 Å². The van der Waals surface area contributed by atoms with Crippen LogP contribution in [0.25, 0.3) is 33.1 Å². The van der Waals surface area contributed by atoms with Crippen molar-refractivity contribution in [3.8, 4) is 11.1 Å². The molecular weight excluding hydrogens is 275 g/mol. The first-order valence-corrected chi connectivity index (χ1v) is 7.11. The fourth-order valence-electron chi connectivity index (χ4n) is 2.86. The van der Waals surface area contributed by atoms with Crippen molar-refractivity contribution < 1.29 is 14.5 Å². The van der Waals surface area contributed by atoms with Crippen LogP contribution < -0.4 is 5.46 Å². The Morgan fingerprint density at radius 3 is 2.36 bits per heavy atom. The molecule has 0 fully saturated rings. The minimum atomic E-state index is -1.49. The molecule has 106 valence electrons. The minimum absolute atomic E-state index is 0.457. The van der Waals surface area contributed by atoms with Gasteiger partial charge in [0, 0.05) is 10.8 Å². The van der Waals surface area contributed by atoms with Crippen LogP contribution in [0.5, 0.6) is 0 Å². The van der Waals surface area contributed by atoms with Crippen molar-refractivity contribution >= 4 is 34.5 Å². The number of furan rings is 1. The van der Waals surface area contributed by atoms with Gasteiger partial charge in [0.1, 0.15) is 11.2 Å². The van der Waals surface area contributed by atoms with E-state index in [2.05, 4.69) is 18.2 Å². The van der Waals surface area contributed by atoms with E-state index in [1.165, 1.54) is 0 Å². The Morgan fingerprint density at radius 1 is 0.773 bits per heavy atom. The van der Waals surface area contributed by atoms with Crippen molar-refractivity contribution in [1.82, 2.24) is 0 Å². The minimum Gasteiger partial charge on any atom is -0.456 e. The van der Waals surface area contributed by atoms with E-state index in [1.807, 2.05) is 30.3 Å². The molecule has 4 rings (SSSR count). The van der Waals surface area contributed by atoms with Gasteiger partial charge in [-0.3, -0.25) is 0 Å². The van der Waals surface area contributed by atoms with Gasteiger partial charge in [0.25, 0.3) is 0 Å². The van der Waals surface area contributed by atoms with Crippen LogP contribution in [0.15, 0.2) is 71.1 Å². The van der Waals surface area contributed by atoms with Crippen molar-refractivity contribution in [3.63, 3.8) is 0 Å². The van der Waals surface area contributed by atoms with Crippen LogP contribution in [0.1, 0.15) is 0 Å². The number of hydrogen-bond donors (Lipinski definition) is 2. The zero-order valence-electron chi connectivity index (χ0n) is 11.7. The molecule has 0 unspecified atom stereocenters. The largest absolute Gasteiger partial charge is 0.488 e. The summed E-state index contributed by atoms with van der Waals surface area (Å²) in [6.07, 6.45) is 0. The van der Waals surface area contributed by atoms with Gasteiger partial charge in [-0.15, -0.1) is 0 Å². The lowest BCUT2D eigenvalue weighted by molar-refractivity contribution is 0.426. The summed E-state index contributed by atoms with van der Waals surface area (Å²) in [6, 6.07) is 21.3. The molecule has 0 saturated heterocycles. The first-order chi connectivity index (χ1) is 10.7. The predicted molar refractivity (Wildman–Crippen MR) is 89.0 cm³/mol. The fraction of sp³-hybridized carbons (Fsp3) is 0. The normalized spacial score (nSPS) is 11.2. The maximum atomic E-state index is 9.40. The Morgan fingerprint density at radius 2 is 1.59 bits per heavy atom. The molecule has 22 heavy (non-hydrogen) atoms. The molecule has 0 saturated carbocycles. The summed E-state index contributed by atoms with van der Waals surface area (Å²) in [4.78, 5) is 0. The van der Waals surface area contributed by atoms with E-state index in [0.717, 1.165) is 33.1 Å². The van der Waals surface area contributed by atoms with Crippen LogP contribution in [0.2, 0.25) is 0 Å². The van der Waals surface area contributed by atoms with E-state index >= 15 is 0 Å². The van der Waals surface area contributed by atoms with E-state index in [0.29, 0.717) is 5.46 Å². The maximum Gasteiger partial charge on any atom is 0.488 e. The second-order valence-corrected chi connectivity index (χ2v) is 5.28. The molecule has 0 atom stereocenters. The number of hydrogen-bond acceptors (Lipinski definition) is 3. The lowest BCUT2D eigenvalue weighted by atomic mass is 9.79. The van der Waals surface area contributed by atoms with Gasteiger partial charge in [-0.2, -0.15) is 0 Å². The average molecular weight is 288 g/mol. The first-order valence-electron chi connectivity index (χ1n) is 7.11. The van der Waals surface area contributed by atoms with Crippen molar-refractivity contribution in [2.24, 2.45) is 0 Å². The van der Waals surface area contributed by atoms with Gasteiger partial charge in [0.2, 0.25) is 0 Å². The molecular formula is C18H13BO3. The highest BCUT2D eigenvalue weighted by Gasteiger charge is 2.16. The molecule has 0 aliphatic carbocycles. The summed E-state index contributed by atoms with van der Waals surface area (Å²) in [5.74, 6) is 0. The molecule has 4 aromatic rings. The summed E-state index contributed by atoms with van der Waals surface area (Å²) in [6.45, 7) is 0. The van der Waals surface area contributed by atoms with Crippen LogP contribution in [-0.2, 0) is 0 Å². The summed E-state index contributed by atoms with van der Waals surface area (Å²) in [5.41, 5.74) is 4.16. The topological polar surface area (TPSA) is 53.6 Å². The molecule has 0 bridgehead atoms. The van der Waals surface area contributed by atoms with Gasteiger partial charge < -0.3 is 14.5 Å². The molecule has 0 aliphatic rings. The lowest BCUT2D eigenvalue weighted by Gasteiger charge is -2.04.